The molecule has 0 unspecified atom stereocenters. The Balaban J connectivity index is 0.000000340. The standard InChI is InChI=1S/C23H27N6P.C8H10N2.C2H4/c1-4-7-15(8-5-2)21-18(6-3)22(24)29-23(28-21)19(13-27-29)16-9-10-20(30-14-16)17-11-25-26-12-17;1-6(2)8-7(9)4-3-5-10-8;1-2/h6,9-15H,3-5,7-8,24H2,1-2H3,(H,25,26);3-5H,1,9H2,2H3;1-2H2. The second-order valence-electron chi connectivity index (χ2n) is 9.71. The molecule has 0 saturated carbocycles. The molecule has 0 aromatic carbocycles. The van der Waals surface area contributed by atoms with Crippen LogP contribution < -0.4 is 11.5 Å². The third-order valence-electron chi connectivity index (χ3n) is 6.73. The first kappa shape index (κ1) is 32.0. The molecule has 0 spiro atoms. The quantitative estimate of drug-likeness (QED) is 0.150. The van der Waals surface area contributed by atoms with Crippen molar-refractivity contribution in [3.05, 3.63) is 98.1 Å². The number of hydrogen-bond donors (Lipinski definition) is 3. The molecule has 5 heterocycles. The molecule has 0 bridgehead atoms. The molecule has 8 nitrogen and oxygen atoms in total. The number of nitrogens with zero attached hydrogens (tertiary/aromatic N) is 5. The maximum atomic E-state index is 6.52. The van der Waals surface area contributed by atoms with Gasteiger partial charge in [0, 0.05) is 40.3 Å². The molecule has 0 amide bonds. The fourth-order valence-electron chi connectivity index (χ4n) is 4.77. The summed E-state index contributed by atoms with van der Waals surface area (Å²) < 4.78 is 1.74. The largest absolute Gasteiger partial charge is 0.397 e. The van der Waals surface area contributed by atoms with Crippen LogP contribution in [0.3, 0.4) is 0 Å². The molecular weight excluding hydrogens is 539 g/mol. The van der Waals surface area contributed by atoms with E-state index in [0.717, 1.165) is 78.7 Å². The number of rotatable bonds is 9. The van der Waals surface area contributed by atoms with Crippen molar-refractivity contribution in [2.24, 2.45) is 0 Å². The lowest BCUT2D eigenvalue weighted by molar-refractivity contribution is 0.547. The molecule has 9 heteroatoms. The summed E-state index contributed by atoms with van der Waals surface area (Å²) in [5, 5.41) is 12.7. The van der Waals surface area contributed by atoms with E-state index in [9.17, 15) is 0 Å². The molecule has 0 aliphatic heterocycles. The number of aromatic nitrogens is 6. The number of pyridine rings is 1. The third-order valence-corrected chi connectivity index (χ3v) is 7.82. The van der Waals surface area contributed by atoms with E-state index >= 15 is 0 Å². The number of nitrogen functional groups attached to an aromatic ring is 2. The van der Waals surface area contributed by atoms with Crippen LogP contribution in [0.25, 0.3) is 39.3 Å². The lowest BCUT2D eigenvalue weighted by Gasteiger charge is -2.19. The number of aromatic amines is 1. The Morgan fingerprint density at radius 2 is 1.83 bits per heavy atom. The number of H-pyrrole nitrogens is 1. The molecule has 0 aliphatic rings. The highest BCUT2D eigenvalue weighted by Crippen LogP contribution is 2.36. The topological polar surface area (TPSA) is 124 Å². The number of fused-ring (bicyclic) bond motifs is 1. The Hall–Kier alpha value is -4.55. The summed E-state index contributed by atoms with van der Waals surface area (Å²) >= 11 is 0. The van der Waals surface area contributed by atoms with Crippen LogP contribution in [0.15, 0.2) is 81.2 Å². The van der Waals surface area contributed by atoms with Crippen LogP contribution in [-0.4, -0.2) is 29.8 Å². The van der Waals surface area contributed by atoms with E-state index in [1.54, 1.807) is 10.7 Å². The number of anilines is 2. The maximum absolute atomic E-state index is 6.52. The summed E-state index contributed by atoms with van der Waals surface area (Å²) in [5.74, 6) is 3.17. The Morgan fingerprint density at radius 3 is 2.36 bits per heavy atom. The van der Waals surface area contributed by atoms with E-state index in [-0.39, 0.29) is 0 Å². The van der Waals surface area contributed by atoms with Crippen LogP contribution in [0.5, 0.6) is 0 Å². The molecule has 0 radical (unpaired) electrons. The average molecular weight is 581 g/mol. The van der Waals surface area contributed by atoms with Gasteiger partial charge in [-0.2, -0.15) is 14.7 Å². The Kier molecular flexibility index (Phi) is 11.8. The van der Waals surface area contributed by atoms with E-state index in [1.165, 1.54) is 5.30 Å². The predicted octanol–water partition coefficient (Wildman–Crippen LogP) is 8.77. The monoisotopic (exact) mass is 580 g/mol. The first-order chi connectivity index (χ1) is 20.4. The highest BCUT2D eigenvalue weighted by molar-refractivity contribution is 7.33. The molecule has 0 fully saturated rings. The molecule has 5 aromatic heterocycles. The third kappa shape index (κ3) is 7.20. The van der Waals surface area contributed by atoms with Gasteiger partial charge in [0.2, 0.25) is 0 Å². The van der Waals surface area contributed by atoms with Crippen molar-refractivity contribution < 1.29 is 0 Å². The second-order valence-corrected chi connectivity index (χ2v) is 10.7. The van der Waals surface area contributed by atoms with Gasteiger partial charge in [-0.25, -0.2) is 4.98 Å². The number of hydrogen-bond acceptors (Lipinski definition) is 6. The van der Waals surface area contributed by atoms with Crippen LogP contribution in [0.2, 0.25) is 0 Å². The number of allylic oxidation sites excluding steroid dienone is 1. The van der Waals surface area contributed by atoms with Gasteiger partial charge in [0.15, 0.2) is 5.65 Å². The number of nitrogens with two attached hydrogens (primary N) is 2. The van der Waals surface area contributed by atoms with Crippen LogP contribution in [0, 0.1) is 0 Å². The average Bonchev–Trinajstić information content (AvgIpc) is 3.70. The van der Waals surface area contributed by atoms with Crippen molar-refractivity contribution in [1.29, 1.82) is 0 Å². The van der Waals surface area contributed by atoms with Gasteiger partial charge in [-0.3, -0.25) is 10.1 Å². The van der Waals surface area contributed by atoms with Gasteiger partial charge in [-0.15, -0.1) is 13.2 Å². The van der Waals surface area contributed by atoms with Crippen LogP contribution >= 0.6 is 8.19 Å². The van der Waals surface area contributed by atoms with Crippen molar-refractivity contribution in [2.45, 2.75) is 52.4 Å². The Bertz CT molecular complexity index is 1600. The van der Waals surface area contributed by atoms with Gasteiger partial charge in [0.1, 0.15) is 5.82 Å². The van der Waals surface area contributed by atoms with Crippen molar-refractivity contribution >= 4 is 37.0 Å². The zero-order valence-electron chi connectivity index (χ0n) is 24.8. The van der Waals surface area contributed by atoms with Crippen molar-refractivity contribution in [1.82, 2.24) is 29.8 Å². The normalized spacial score (nSPS) is 10.7. The first-order valence-corrected chi connectivity index (χ1v) is 15.0. The smallest absolute Gasteiger partial charge is 0.165 e. The molecule has 42 heavy (non-hydrogen) atoms. The van der Waals surface area contributed by atoms with Crippen LogP contribution in [0.4, 0.5) is 11.5 Å². The summed E-state index contributed by atoms with van der Waals surface area (Å²) in [7, 11) is 1.11. The lowest BCUT2D eigenvalue weighted by atomic mass is 9.91. The van der Waals surface area contributed by atoms with E-state index in [1.807, 2.05) is 43.7 Å². The highest BCUT2D eigenvalue weighted by Gasteiger charge is 2.21. The zero-order chi connectivity index (χ0) is 30.6. The molecule has 5 N–H and O–H groups in total. The second kappa shape index (κ2) is 15.5. The zero-order valence-corrected chi connectivity index (χ0v) is 25.7. The van der Waals surface area contributed by atoms with Crippen molar-refractivity contribution in [3.63, 3.8) is 0 Å². The van der Waals surface area contributed by atoms with Gasteiger partial charge >= 0.3 is 0 Å². The SMILES string of the molecule is C=C.C=C(C)c1ncccc1N.C=Cc1c(C(CCC)CCC)nc2c(-c3ccc(-c4cn[nH]c4)pc3)cnn2c1N. The highest BCUT2D eigenvalue weighted by atomic mass is 31.0. The summed E-state index contributed by atoms with van der Waals surface area (Å²) in [6, 6.07) is 7.87. The molecule has 0 atom stereocenters. The minimum atomic E-state index is 0.373. The van der Waals surface area contributed by atoms with Gasteiger partial charge in [0.25, 0.3) is 0 Å². The minimum absolute atomic E-state index is 0.373. The Labute approximate surface area is 250 Å². The van der Waals surface area contributed by atoms with Gasteiger partial charge in [0.05, 0.1) is 29.5 Å². The molecule has 0 saturated heterocycles. The predicted molar refractivity (Wildman–Crippen MR) is 180 cm³/mol. The van der Waals surface area contributed by atoms with E-state index in [0.29, 0.717) is 17.4 Å². The van der Waals surface area contributed by atoms with E-state index in [4.69, 9.17) is 16.5 Å². The van der Waals surface area contributed by atoms with E-state index < -0.39 is 0 Å². The number of nitrogens with one attached hydrogen (secondary N) is 1. The van der Waals surface area contributed by atoms with Gasteiger partial charge in [-0.05, 0) is 54.9 Å². The molecule has 0 aliphatic carbocycles. The van der Waals surface area contributed by atoms with Gasteiger partial charge < -0.3 is 11.5 Å². The van der Waals surface area contributed by atoms with E-state index in [2.05, 4.69) is 78.4 Å². The lowest BCUT2D eigenvalue weighted by Crippen LogP contribution is -2.11. The van der Waals surface area contributed by atoms with Gasteiger partial charge in [-0.1, -0.05) is 60.2 Å². The molecule has 218 valence electrons. The minimum Gasteiger partial charge on any atom is -0.397 e. The van der Waals surface area contributed by atoms with Crippen molar-refractivity contribution in [3.8, 4) is 22.0 Å². The van der Waals surface area contributed by atoms with Crippen LogP contribution in [-0.2, 0) is 0 Å². The summed E-state index contributed by atoms with van der Waals surface area (Å²) in [4.78, 5) is 9.15. The summed E-state index contributed by atoms with van der Waals surface area (Å²) in [5.41, 5.74) is 20.5. The van der Waals surface area contributed by atoms with Crippen LogP contribution in [0.1, 0.15) is 69.3 Å². The summed E-state index contributed by atoms with van der Waals surface area (Å²) in [6.07, 6.45) is 13.5. The summed E-state index contributed by atoms with van der Waals surface area (Å²) in [6.45, 7) is 20.1. The Morgan fingerprint density at radius 1 is 1.10 bits per heavy atom. The first-order valence-electron chi connectivity index (χ1n) is 14.0. The molecular formula is C33H41N8P. The maximum Gasteiger partial charge on any atom is 0.165 e. The van der Waals surface area contributed by atoms with Crippen molar-refractivity contribution in [2.75, 3.05) is 11.5 Å². The fourth-order valence-corrected chi connectivity index (χ4v) is 5.71. The fraction of sp³-hybridized carbons (Fsp3) is 0.242. The molecule has 5 rings (SSSR count). The molecule has 5 aromatic rings.